The van der Waals surface area contributed by atoms with E-state index in [9.17, 15) is 4.21 Å². The predicted molar refractivity (Wildman–Crippen MR) is 82.1 cm³/mol. The molecule has 102 valence electrons. The summed E-state index contributed by atoms with van der Waals surface area (Å²) < 4.78 is 12.3. The van der Waals surface area contributed by atoms with E-state index in [0.29, 0.717) is 31.8 Å². The van der Waals surface area contributed by atoms with Gasteiger partial charge < -0.3 is 5.73 Å². The Labute approximate surface area is 129 Å². The number of benzene rings is 2. The van der Waals surface area contributed by atoms with Gasteiger partial charge in [-0.05, 0) is 35.9 Å². The summed E-state index contributed by atoms with van der Waals surface area (Å²) in [6, 6.07) is 11.7. The highest BCUT2D eigenvalue weighted by molar-refractivity contribution is 7.84. The molecule has 0 saturated heterocycles. The van der Waals surface area contributed by atoms with Crippen molar-refractivity contribution in [1.29, 1.82) is 5.26 Å². The molecule has 0 aliphatic carbocycles. The molecule has 2 aromatic rings. The number of nitrogens with zero attached hydrogens (tertiary/aromatic N) is 1. The van der Waals surface area contributed by atoms with Crippen molar-refractivity contribution >= 4 is 39.7 Å². The molecule has 1 unspecified atom stereocenters. The van der Waals surface area contributed by atoms with Crippen LogP contribution in [0, 0.1) is 11.3 Å². The van der Waals surface area contributed by atoms with E-state index in [-0.39, 0.29) is 5.75 Å². The molecule has 1 atom stereocenters. The van der Waals surface area contributed by atoms with Gasteiger partial charge in [0.1, 0.15) is 0 Å². The van der Waals surface area contributed by atoms with Crippen molar-refractivity contribution < 1.29 is 4.21 Å². The third-order valence-corrected chi connectivity index (χ3v) is 4.69. The summed E-state index contributed by atoms with van der Waals surface area (Å²) in [4.78, 5) is 0.484. The van der Waals surface area contributed by atoms with Crippen LogP contribution >= 0.6 is 23.2 Å². The summed E-state index contributed by atoms with van der Waals surface area (Å²) in [5.41, 5.74) is 7.39. The zero-order valence-corrected chi connectivity index (χ0v) is 12.6. The van der Waals surface area contributed by atoms with Crippen LogP contribution in [0.2, 0.25) is 10.0 Å². The van der Waals surface area contributed by atoms with Crippen LogP contribution < -0.4 is 5.73 Å². The van der Waals surface area contributed by atoms with Crippen molar-refractivity contribution in [3.63, 3.8) is 0 Å². The number of hydrogen-bond acceptors (Lipinski definition) is 3. The fourth-order valence-corrected chi connectivity index (χ4v) is 3.50. The second-order valence-electron chi connectivity index (χ2n) is 4.09. The van der Waals surface area contributed by atoms with Crippen molar-refractivity contribution in [2.75, 3.05) is 5.73 Å². The van der Waals surface area contributed by atoms with Gasteiger partial charge in [0.15, 0.2) is 0 Å². The van der Waals surface area contributed by atoms with Gasteiger partial charge in [-0.25, -0.2) is 0 Å². The van der Waals surface area contributed by atoms with Gasteiger partial charge >= 0.3 is 0 Å². The molecule has 0 aliphatic heterocycles. The molecule has 6 heteroatoms. The Morgan fingerprint density at radius 3 is 2.60 bits per heavy atom. The Bertz CT molecular complexity index is 726. The van der Waals surface area contributed by atoms with Crippen LogP contribution in [0.1, 0.15) is 11.1 Å². The Morgan fingerprint density at radius 2 is 1.95 bits per heavy atom. The topological polar surface area (TPSA) is 66.9 Å². The number of hydrogen-bond donors (Lipinski definition) is 1. The number of nitrogen functional groups attached to an aromatic ring is 1. The number of nitrogens with two attached hydrogens (primary N) is 1. The third-order valence-electron chi connectivity index (χ3n) is 2.69. The summed E-state index contributed by atoms with van der Waals surface area (Å²) in [5, 5.41) is 9.67. The monoisotopic (exact) mass is 324 g/mol. The molecule has 20 heavy (non-hydrogen) atoms. The van der Waals surface area contributed by atoms with E-state index in [1.165, 1.54) is 0 Å². The fraction of sp³-hybridized carbons (Fsp3) is 0.0714. The predicted octanol–water partition coefficient (Wildman–Crippen LogP) is 3.76. The second-order valence-corrected chi connectivity index (χ2v) is 6.35. The average molecular weight is 325 g/mol. The van der Waals surface area contributed by atoms with Gasteiger partial charge in [0, 0.05) is 15.7 Å². The summed E-state index contributed by atoms with van der Waals surface area (Å²) in [5.74, 6) is 0.217. The molecular weight excluding hydrogens is 315 g/mol. The summed E-state index contributed by atoms with van der Waals surface area (Å²) in [7, 11) is -1.35. The number of nitriles is 1. The molecule has 2 rings (SSSR count). The Hall–Kier alpha value is -1.54. The lowest BCUT2D eigenvalue weighted by atomic mass is 10.2. The fourth-order valence-electron chi connectivity index (χ4n) is 1.66. The minimum absolute atomic E-state index is 0.217. The lowest BCUT2D eigenvalue weighted by Gasteiger charge is -2.08. The second kappa shape index (κ2) is 6.27. The zero-order chi connectivity index (χ0) is 14.7. The van der Waals surface area contributed by atoms with Crippen molar-refractivity contribution in [2.24, 2.45) is 0 Å². The molecule has 3 nitrogen and oxygen atoms in total. The summed E-state index contributed by atoms with van der Waals surface area (Å²) in [6.07, 6.45) is 0. The molecular formula is C14H10Cl2N2OS. The van der Waals surface area contributed by atoms with Crippen molar-refractivity contribution in [1.82, 2.24) is 0 Å². The molecule has 0 aromatic heterocycles. The quantitative estimate of drug-likeness (QED) is 0.874. The number of rotatable bonds is 3. The molecule has 0 heterocycles. The van der Waals surface area contributed by atoms with Crippen LogP contribution in [-0.2, 0) is 16.6 Å². The smallest absolute Gasteiger partial charge is 0.0992 e. The maximum atomic E-state index is 12.3. The van der Waals surface area contributed by atoms with Crippen LogP contribution in [-0.4, -0.2) is 4.21 Å². The highest BCUT2D eigenvalue weighted by atomic mass is 35.5. The minimum atomic E-state index is -1.35. The van der Waals surface area contributed by atoms with Gasteiger partial charge in [-0.15, -0.1) is 0 Å². The van der Waals surface area contributed by atoms with E-state index in [4.69, 9.17) is 34.2 Å². The molecule has 2 aromatic carbocycles. The van der Waals surface area contributed by atoms with Gasteiger partial charge in [-0.1, -0.05) is 29.3 Å². The lowest BCUT2D eigenvalue weighted by molar-refractivity contribution is 0.683. The molecule has 0 aliphatic rings. The van der Waals surface area contributed by atoms with Gasteiger partial charge in [-0.3, -0.25) is 4.21 Å². The standard InChI is InChI=1S/C14H10Cl2N2OS/c15-11-3-4-13(18)14(6-11)20(19)8-10-2-1-9(7-17)5-12(10)16/h1-6H,8,18H2. The van der Waals surface area contributed by atoms with E-state index in [2.05, 4.69) is 0 Å². The van der Waals surface area contributed by atoms with Crippen LogP contribution in [0.3, 0.4) is 0 Å². The van der Waals surface area contributed by atoms with Crippen molar-refractivity contribution in [3.8, 4) is 6.07 Å². The third kappa shape index (κ3) is 3.31. The normalized spacial score (nSPS) is 11.8. The van der Waals surface area contributed by atoms with Gasteiger partial charge in [0.05, 0.1) is 33.1 Å². The zero-order valence-electron chi connectivity index (χ0n) is 10.3. The first-order chi connectivity index (χ1) is 9.51. The Balaban J connectivity index is 2.28. The largest absolute Gasteiger partial charge is 0.398 e. The number of halogens is 2. The van der Waals surface area contributed by atoms with E-state index in [1.54, 1.807) is 36.4 Å². The average Bonchev–Trinajstić information content (AvgIpc) is 2.43. The molecule has 0 amide bonds. The highest BCUT2D eigenvalue weighted by Gasteiger charge is 2.12. The first-order valence-corrected chi connectivity index (χ1v) is 7.70. The van der Waals surface area contributed by atoms with Gasteiger partial charge in [-0.2, -0.15) is 5.26 Å². The van der Waals surface area contributed by atoms with E-state index in [0.717, 1.165) is 0 Å². The molecule has 0 saturated carbocycles. The molecule has 0 fully saturated rings. The maximum Gasteiger partial charge on any atom is 0.0992 e. The molecule has 0 bridgehead atoms. The lowest BCUT2D eigenvalue weighted by Crippen LogP contribution is -2.01. The minimum Gasteiger partial charge on any atom is -0.398 e. The van der Waals surface area contributed by atoms with Crippen LogP contribution in [0.25, 0.3) is 0 Å². The first kappa shape index (κ1) is 14.9. The maximum absolute atomic E-state index is 12.3. The van der Waals surface area contributed by atoms with Crippen LogP contribution in [0.4, 0.5) is 5.69 Å². The Morgan fingerprint density at radius 1 is 1.20 bits per heavy atom. The Kier molecular flexibility index (Phi) is 4.66. The van der Waals surface area contributed by atoms with E-state index < -0.39 is 10.8 Å². The number of anilines is 1. The van der Waals surface area contributed by atoms with Crippen LogP contribution in [0.15, 0.2) is 41.3 Å². The first-order valence-electron chi connectivity index (χ1n) is 5.63. The van der Waals surface area contributed by atoms with E-state index in [1.807, 2.05) is 6.07 Å². The van der Waals surface area contributed by atoms with Gasteiger partial charge in [0.25, 0.3) is 0 Å². The van der Waals surface area contributed by atoms with Crippen molar-refractivity contribution in [3.05, 3.63) is 57.6 Å². The summed E-state index contributed by atoms with van der Waals surface area (Å²) in [6.45, 7) is 0. The molecule has 2 N–H and O–H groups in total. The van der Waals surface area contributed by atoms with E-state index >= 15 is 0 Å². The molecule has 0 spiro atoms. The highest BCUT2D eigenvalue weighted by Crippen LogP contribution is 2.26. The summed E-state index contributed by atoms with van der Waals surface area (Å²) >= 11 is 12.0. The van der Waals surface area contributed by atoms with Crippen molar-refractivity contribution in [2.45, 2.75) is 10.6 Å². The van der Waals surface area contributed by atoms with Gasteiger partial charge in [0.2, 0.25) is 0 Å². The molecule has 0 radical (unpaired) electrons. The SMILES string of the molecule is N#Cc1ccc(CS(=O)c2cc(Cl)ccc2N)c(Cl)c1. The van der Waals surface area contributed by atoms with Crippen LogP contribution in [0.5, 0.6) is 0 Å².